The van der Waals surface area contributed by atoms with Crippen molar-refractivity contribution in [3.8, 4) is 17.0 Å². The van der Waals surface area contributed by atoms with Crippen LogP contribution in [0.15, 0.2) is 61.2 Å². The zero-order valence-electron chi connectivity index (χ0n) is 20.6. The normalized spacial score (nSPS) is 14.6. The van der Waals surface area contributed by atoms with Crippen molar-refractivity contribution in [3.05, 3.63) is 61.2 Å². The number of nitrogens with one attached hydrogen (secondary N) is 2. The molecule has 1 fully saturated rings. The molecular weight excluding hydrogens is 452 g/mol. The molecule has 184 valence electrons. The maximum absolute atomic E-state index is 6.07. The summed E-state index contributed by atoms with van der Waals surface area (Å²) in [5.74, 6) is 1.57. The summed E-state index contributed by atoms with van der Waals surface area (Å²) in [5, 5.41) is 11.7. The quantitative estimate of drug-likeness (QED) is 0.352. The first kappa shape index (κ1) is 22.4. The van der Waals surface area contributed by atoms with Gasteiger partial charge in [-0.1, -0.05) is 19.1 Å². The van der Waals surface area contributed by atoms with Crippen LogP contribution in [-0.4, -0.2) is 68.8 Å². The van der Waals surface area contributed by atoms with Gasteiger partial charge in [-0.15, -0.1) is 0 Å². The van der Waals surface area contributed by atoms with E-state index >= 15 is 0 Å². The fourth-order valence-electron chi connectivity index (χ4n) is 4.82. The van der Waals surface area contributed by atoms with Crippen molar-refractivity contribution in [2.75, 3.05) is 49.5 Å². The van der Waals surface area contributed by atoms with Crippen LogP contribution >= 0.6 is 0 Å². The molecule has 0 saturated carbocycles. The molecule has 0 amide bonds. The highest BCUT2D eigenvalue weighted by Crippen LogP contribution is 2.34. The monoisotopic (exact) mass is 482 g/mol. The van der Waals surface area contributed by atoms with E-state index in [-0.39, 0.29) is 0 Å². The smallest absolute Gasteiger partial charge is 0.180 e. The number of fused-ring (bicyclic) bond motifs is 2. The number of imidazole rings is 1. The van der Waals surface area contributed by atoms with Crippen LogP contribution in [0.2, 0.25) is 0 Å². The minimum absolute atomic E-state index is 0.611. The Kier molecular flexibility index (Phi) is 5.90. The van der Waals surface area contributed by atoms with Crippen molar-refractivity contribution in [1.29, 1.82) is 0 Å². The summed E-state index contributed by atoms with van der Waals surface area (Å²) in [6.07, 6.45) is 7.54. The van der Waals surface area contributed by atoms with Crippen molar-refractivity contribution < 1.29 is 4.74 Å². The molecule has 4 heterocycles. The molecule has 0 spiro atoms. The molecule has 5 aromatic rings. The van der Waals surface area contributed by atoms with E-state index in [9.17, 15) is 0 Å². The van der Waals surface area contributed by atoms with E-state index in [4.69, 9.17) is 9.72 Å². The van der Waals surface area contributed by atoms with Gasteiger partial charge < -0.3 is 24.3 Å². The predicted molar refractivity (Wildman–Crippen MR) is 143 cm³/mol. The van der Waals surface area contributed by atoms with Gasteiger partial charge in [0, 0.05) is 67.5 Å². The second-order valence-corrected chi connectivity index (χ2v) is 8.97. The summed E-state index contributed by atoms with van der Waals surface area (Å²) in [4.78, 5) is 14.4. The predicted octanol–water partition coefficient (Wildman–Crippen LogP) is 4.56. The fraction of sp³-hybridized carbons (Fsp3) is 0.296. The topological polar surface area (TPSA) is 86.6 Å². The first-order chi connectivity index (χ1) is 17.7. The first-order valence-corrected chi connectivity index (χ1v) is 12.5. The van der Waals surface area contributed by atoms with Crippen molar-refractivity contribution in [3.63, 3.8) is 0 Å². The Labute approximate surface area is 209 Å². The zero-order valence-corrected chi connectivity index (χ0v) is 20.6. The van der Waals surface area contributed by atoms with Gasteiger partial charge in [0.1, 0.15) is 5.75 Å². The third-order valence-electron chi connectivity index (χ3n) is 6.79. The summed E-state index contributed by atoms with van der Waals surface area (Å²) in [7, 11) is 0. The van der Waals surface area contributed by atoms with Crippen LogP contribution in [0.1, 0.15) is 13.8 Å². The second-order valence-electron chi connectivity index (χ2n) is 8.97. The SMILES string of the molecule is CCOc1cc(Nc2nc(-c3ccc4cn[nH]c4c3)cn3ccnc23)ccc1N1CCN(CC)CC1. The molecule has 1 aliphatic rings. The number of aromatic nitrogens is 5. The van der Waals surface area contributed by atoms with Gasteiger partial charge in [0.15, 0.2) is 11.5 Å². The van der Waals surface area contributed by atoms with E-state index in [2.05, 4.69) is 73.6 Å². The summed E-state index contributed by atoms with van der Waals surface area (Å²) in [6, 6.07) is 12.5. The van der Waals surface area contributed by atoms with E-state index in [0.29, 0.717) is 12.4 Å². The van der Waals surface area contributed by atoms with Gasteiger partial charge in [-0.3, -0.25) is 5.10 Å². The lowest BCUT2D eigenvalue weighted by molar-refractivity contribution is 0.269. The molecule has 0 aliphatic carbocycles. The molecule has 0 bridgehead atoms. The van der Waals surface area contributed by atoms with Gasteiger partial charge in [0.25, 0.3) is 0 Å². The number of hydrogen-bond donors (Lipinski definition) is 2. The van der Waals surface area contributed by atoms with Gasteiger partial charge >= 0.3 is 0 Å². The summed E-state index contributed by atoms with van der Waals surface area (Å²) in [5.41, 5.74) is 5.63. The van der Waals surface area contributed by atoms with E-state index in [0.717, 1.165) is 77.7 Å². The highest BCUT2D eigenvalue weighted by molar-refractivity contribution is 5.84. The number of nitrogens with zero attached hydrogens (tertiary/aromatic N) is 6. The first-order valence-electron chi connectivity index (χ1n) is 12.5. The number of ether oxygens (including phenoxy) is 1. The summed E-state index contributed by atoms with van der Waals surface area (Å²) in [6.45, 7) is 10.1. The van der Waals surface area contributed by atoms with Crippen LogP contribution in [0.3, 0.4) is 0 Å². The highest BCUT2D eigenvalue weighted by Gasteiger charge is 2.20. The zero-order chi connectivity index (χ0) is 24.5. The number of likely N-dealkylation sites (N-methyl/N-ethyl adjacent to an activating group) is 1. The Bertz CT molecular complexity index is 1500. The average molecular weight is 483 g/mol. The standard InChI is InChI=1S/C27H30N8O/c1-3-33-11-13-34(14-12-33)24-8-7-21(16-25(24)36-4-2)30-26-27-28-9-10-35(27)18-23(31-26)19-5-6-20-17-29-32-22(20)15-19/h5-10,15-18H,3-4,11-14H2,1-2H3,(H,29,32)(H,30,31). The Morgan fingerprint density at radius 1 is 1.06 bits per heavy atom. The van der Waals surface area contributed by atoms with E-state index in [1.165, 1.54) is 0 Å². The van der Waals surface area contributed by atoms with Gasteiger partial charge in [-0.2, -0.15) is 5.10 Å². The van der Waals surface area contributed by atoms with Gasteiger partial charge in [0.2, 0.25) is 0 Å². The van der Waals surface area contributed by atoms with Crippen molar-refractivity contribution >= 4 is 33.7 Å². The van der Waals surface area contributed by atoms with Crippen LogP contribution in [0.25, 0.3) is 27.8 Å². The molecular formula is C27H30N8O. The van der Waals surface area contributed by atoms with Crippen LogP contribution in [0.5, 0.6) is 5.75 Å². The molecule has 36 heavy (non-hydrogen) atoms. The number of rotatable bonds is 7. The molecule has 0 atom stereocenters. The Morgan fingerprint density at radius 3 is 2.78 bits per heavy atom. The lowest BCUT2D eigenvalue weighted by Gasteiger charge is -2.36. The van der Waals surface area contributed by atoms with Crippen LogP contribution in [0, 0.1) is 0 Å². The van der Waals surface area contributed by atoms with Gasteiger partial charge in [0.05, 0.1) is 29.7 Å². The number of anilines is 3. The van der Waals surface area contributed by atoms with Crippen LogP contribution < -0.4 is 15.0 Å². The van der Waals surface area contributed by atoms with Crippen molar-refractivity contribution in [2.24, 2.45) is 0 Å². The van der Waals surface area contributed by atoms with E-state index in [1.54, 1.807) is 6.20 Å². The van der Waals surface area contributed by atoms with Gasteiger partial charge in [-0.25, -0.2) is 9.97 Å². The van der Waals surface area contributed by atoms with E-state index in [1.807, 2.05) is 29.9 Å². The van der Waals surface area contributed by atoms with Crippen LogP contribution in [-0.2, 0) is 0 Å². The van der Waals surface area contributed by atoms with Crippen LogP contribution in [0.4, 0.5) is 17.2 Å². The number of aromatic amines is 1. The number of H-pyrrole nitrogens is 1. The third-order valence-corrected chi connectivity index (χ3v) is 6.79. The number of benzene rings is 2. The minimum Gasteiger partial charge on any atom is -0.492 e. The third kappa shape index (κ3) is 4.22. The molecule has 3 aromatic heterocycles. The Morgan fingerprint density at radius 2 is 1.94 bits per heavy atom. The second kappa shape index (κ2) is 9.50. The Balaban J connectivity index is 1.33. The molecule has 6 rings (SSSR count). The Hall–Kier alpha value is -4.11. The lowest BCUT2D eigenvalue weighted by Crippen LogP contribution is -2.46. The molecule has 1 aliphatic heterocycles. The summed E-state index contributed by atoms with van der Waals surface area (Å²) < 4.78 is 8.07. The molecule has 0 radical (unpaired) electrons. The van der Waals surface area contributed by atoms with Gasteiger partial charge in [-0.05, 0) is 31.7 Å². The maximum atomic E-state index is 6.07. The molecule has 2 N–H and O–H groups in total. The largest absolute Gasteiger partial charge is 0.492 e. The van der Waals surface area contributed by atoms with Crippen molar-refractivity contribution in [1.82, 2.24) is 29.5 Å². The molecule has 2 aromatic carbocycles. The fourth-order valence-corrected chi connectivity index (χ4v) is 4.82. The molecule has 9 heteroatoms. The maximum Gasteiger partial charge on any atom is 0.180 e. The minimum atomic E-state index is 0.611. The lowest BCUT2D eigenvalue weighted by atomic mass is 10.1. The molecule has 9 nitrogen and oxygen atoms in total. The number of piperazine rings is 1. The number of hydrogen-bond acceptors (Lipinski definition) is 7. The summed E-state index contributed by atoms with van der Waals surface area (Å²) >= 11 is 0. The molecule has 1 saturated heterocycles. The van der Waals surface area contributed by atoms with E-state index < -0.39 is 0 Å². The highest BCUT2D eigenvalue weighted by atomic mass is 16.5. The molecule has 0 unspecified atom stereocenters. The van der Waals surface area contributed by atoms with Crippen molar-refractivity contribution in [2.45, 2.75) is 13.8 Å². The average Bonchev–Trinajstić information content (AvgIpc) is 3.58.